The van der Waals surface area contributed by atoms with E-state index in [0.717, 1.165) is 25.7 Å². The molecule has 2 N–H and O–H groups in total. The molecule has 0 aromatic rings. The van der Waals surface area contributed by atoms with Gasteiger partial charge in [0, 0.05) is 6.26 Å². The van der Waals surface area contributed by atoms with Crippen molar-refractivity contribution in [2.24, 2.45) is 11.7 Å². The fraction of sp³-hybridized carbons (Fsp3) is 1.00. The van der Waals surface area contributed by atoms with Crippen LogP contribution in [0.3, 0.4) is 0 Å². The van der Waals surface area contributed by atoms with Crippen molar-refractivity contribution >= 4 is 22.2 Å². The molecule has 0 atom stereocenters. The fourth-order valence-electron chi connectivity index (χ4n) is 1.80. The van der Waals surface area contributed by atoms with E-state index in [2.05, 4.69) is 0 Å². The van der Waals surface area contributed by atoms with Crippen LogP contribution in [0.1, 0.15) is 25.7 Å². The van der Waals surface area contributed by atoms with E-state index in [0.29, 0.717) is 12.5 Å². The topological polar surface area (TPSA) is 60.2 Å². The van der Waals surface area contributed by atoms with Crippen LogP contribution in [0, 0.1) is 5.92 Å². The standard InChI is InChI=1S/C8H17NO2S.ClH/c1-12(10,11)8-4-2-7(6-9)3-5-8;/h7-8H,2-6,9H2,1H3;1H. The molecule has 0 unspecified atom stereocenters. The van der Waals surface area contributed by atoms with Crippen LogP contribution in [0.2, 0.25) is 0 Å². The van der Waals surface area contributed by atoms with Crippen LogP contribution in [0.4, 0.5) is 0 Å². The third kappa shape index (κ3) is 3.83. The maximum absolute atomic E-state index is 11.2. The van der Waals surface area contributed by atoms with E-state index < -0.39 is 9.84 Å². The minimum Gasteiger partial charge on any atom is -0.330 e. The van der Waals surface area contributed by atoms with Gasteiger partial charge in [-0.15, -0.1) is 12.4 Å². The van der Waals surface area contributed by atoms with Crippen LogP contribution in [0.15, 0.2) is 0 Å². The summed E-state index contributed by atoms with van der Waals surface area (Å²) >= 11 is 0. The Morgan fingerprint density at radius 1 is 1.23 bits per heavy atom. The SMILES string of the molecule is CS(=O)(=O)C1CCC(CN)CC1.Cl. The van der Waals surface area contributed by atoms with E-state index in [9.17, 15) is 8.42 Å². The number of nitrogens with two attached hydrogens (primary N) is 1. The Balaban J connectivity index is 0.00000144. The molecule has 0 heterocycles. The maximum atomic E-state index is 11.2. The lowest BCUT2D eigenvalue weighted by Crippen LogP contribution is -2.29. The number of hydrogen-bond acceptors (Lipinski definition) is 3. The van der Waals surface area contributed by atoms with Gasteiger partial charge in [0.05, 0.1) is 5.25 Å². The van der Waals surface area contributed by atoms with Crippen LogP contribution in [0.25, 0.3) is 0 Å². The Bertz CT molecular complexity index is 233. The normalized spacial score (nSPS) is 29.4. The van der Waals surface area contributed by atoms with Gasteiger partial charge in [-0.25, -0.2) is 8.42 Å². The van der Waals surface area contributed by atoms with E-state index in [4.69, 9.17) is 5.73 Å². The van der Waals surface area contributed by atoms with Gasteiger partial charge in [0.25, 0.3) is 0 Å². The van der Waals surface area contributed by atoms with E-state index in [1.165, 1.54) is 6.26 Å². The molecule has 1 saturated carbocycles. The first-order valence-corrected chi connectivity index (χ1v) is 6.38. The molecule has 1 aliphatic carbocycles. The zero-order valence-corrected chi connectivity index (χ0v) is 9.53. The second-order valence-corrected chi connectivity index (χ2v) is 6.03. The summed E-state index contributed by atoms with van der Waals surface area (Å²) in [5.41, 5.74) is 5.51. The van der Waals surface area contributed by atoms with Crippen LogP contribution >= 0.6 is 12.4 Å². The summed E-state index contributed by atoms with van der Waals surface area (Å²) in [5, 5.41) is -0.0969. The van der Waals surface area contributed by atoms with E-state index in [1.807, 2.05) is 0 Å². The molecule has 0 radical (unpaired) electrons. The number of sulfone groups is 1. The number of rotatable bonds is 2. The second-order valence-electron chi connectivity index (χ2n) is 3.71. The first-order valence-electron chi connectivity index (χ1n) is 4.43. The molecule has 1 rings (SSSR count). The van der Waals surface area contributed by atoms with Gasteiger partial charge in [-0.05, 0) is 38.1 Å². The average molecular weight is 228 g/mol. The van der Waals surface area contributed by atoms with Crippen molar-refractivity contribution in [1.29, 1.82) is 0 Å². The van der Waals surface area contributed by atoms with Gasteiger partial charge in [-0.2, -0.15) is 0 Å². The summed E-state index contributed by atoms with van der Waals surface area (Å²) in [6, 6.07) is 0. The first-order chi connectivity index (χ1) is 5.54. The molecule has 0 amide bonds. The third-order valence-corrected chi connectivity index (χ3v) is 4.42. The Labute approximate surface area is 86.4 Å². The monoisotopic (exact) mass is 227 g/mol. The molecule has 5 heteroatoms. The highest BCUT2D eigenvalue weighted by Gasteiger charge is 2.26. The summed E-state index contributed by atoms with van der Waals surface area (Å²) in [4.78, 5) is 0. The molecule has 80 valence electrons. The fourth-order valence-corrected chi connectivity index (χ4v) is 2.92. The minimum absolute atomic E-state index is 0. The molecular weight excluding hydrogens is 210 g/mol. The molecule has 0 bridgehead atoms. The van der Waals surface area contributed by atoms with Crippen molar-refractivity contribution in [2.45, 2.75) is 30.9 Å². The lowest BCUT2D eigenvalue weighted by atomic mass is 9.89. The Morgan fingerprint density at radius 2 is 1.69 bits per heavy atom. The Hall–Kier alpha value is 0.200. The highest BCUT2D eigenvalue weighted by Crippen LogP contribution is 2.27. The Morgan fingerprint density at radius 3 is 2.00 bits per heavy atom. The summed E-state index contributed by atoms with van der Waals surface area (Å²) in [6.07, 6.45) is 4.91. The highest BCUT2D eigenvalue weighted by atomic mass is 35.5. The van der Waals surface area contributed by atoms with E-state index in [1.54, 1.807) is 0 Å². The maximum Gasteiger partial charge on any atom is 0.150 e. The van der Waals surface area contributed by atoms with Crippen LogP contribution in [0.5, 0.6) is 0 Å². The summed E-state index contributed by atoms with van der Waals surface area (Å²) in [6.45, 7) is 0.705. The average Bonchev–Trinajstić information content (AvgIpc) is 2.03. The highest BCUT2D eigenvalue weighted by molar-refractivity contribution is 7.91. The third-order valence-electron chi connectivity index (χ3n) is 2.73. The molecule has 3 nitrogen and oxygen atoms in total. The van der Waals surface area contributed by atoms with Gasteiger partial charge in [0.2, 0.25) is 0 Å². The van der Waals surface area contributed by atoms with Crippen molar-refractivity contribution in [1.82, 2.24) is 0 Å². The van der Waals surface area contributed by atoms with Crippen LogP contribution in [-0.4, -0.2) is 26.5 Å². The Kier molecular flexibility index (Phi) is 5.25. The molecule has 13 heavy (non-hydrogen) atoms. The predicted molar refractivity (Wildman–Crippen MR) is 56.9 cm³/mol. The second kappa shape index (κ2) is 5.17. The van der Waals surface area contributed by atoms with Crippen molar-refractivity contribution in [3.05, 3.63) is 0 Å². The van der Waals surface area contributed by atoms with Crippen molar-refractivity contribution in [2.75, 3.05) is 12.8 Å². The molecule has 1 aliphatic rings. The summed E-state index contributed by atoms with van der Waals surface area (Å²) < 4.78 is 22.3. The number of hydrogen-bond donors (Lipinski definition) is 1. The van der Waals surface area contributed by atoms with Gasteiger partial charge in [0.15, 0.2) is 0 Å². The van der Waals surface area contributed by atoms with E-state index in [-0.39, 0.29) is 17.7 Å². The van der Waals surface area contributed by atoms with Gasteiger partial charge < -0.3 is 5.73 Å². The van der Waals surface area contributed by atoms with Crippen molar-refractivity contribution in [3.8, 4) is 0 Å². The lowest BCUT2D eigenvalue weighted by molar-refractivity contribution is 0.365. The van der Waals surface area contributed by atoms with Gasteiger partial charge in [-0.1, -0.05) is 0 Å². The molecule has 0 spiro atoms. The quantitative estimate of drug-likeness (QED) is 0.765. The molecule has 0 aromatic heterocycles. The van der Waals surface area contributed by atoms with Crippen LogP contribution in [-0.2, 0) is 9.84 Å². The van der Waals surface area contributed by atoms with E-state index >= 15 is 0 Å². The van der Waals surface area contributed by atoms with Crippen molar-refractivity contribution < 1.29 is 8.42 Å². The molecular formula is C8H18ClNO2S. The minimum atomic E-state index is -2.80. The molecule has 0 saturated heterocycles. The lowest BCUT2D eigenvalue weighted by Gasteiger charge is -2.26. The smallest absolute Gasteiger partial charge is 0.150 e. The van der Waals surface area contributed by atoms with Gasteiger partial charge in [0.1, 0.15) is 9.84 Å². The molecule has 0 aromatic carbocycles. The first kappa shape index (κ1) is 13.2. The largest absolute Gasteiger partial charge is 0.330 e. The molecule has 0 aliphatic heterocycles. The zero-order valence-electron chi connectivity index (χ0n) is 7.90. The van der Waals surface area contributed by atoms with Crippen molar-refractivity contribution in [3.63, 3.8) is 0 Å². The summed E-state index contributed by atoms with van der Waals surface area (Å²) in [5.74, 6) is 0.558. The predicted octanol–water partition coefficient (Wildman–Crippen LogP) is 0.970. The van der Waals surface area contributed by atoms with Gasteiger partial charge >= 0.3 is 0 Å². The zero-order chi connectivity index (χ0) is 9.19. The van der Waals surface area contributed by atoms with Crippen LogP contribution < -0.4 is 5.73 Å². The van der Waals surface area contributed by atoms with Gasteiger partial charge in [-0.3, -0.25) is 0 Å². The summed E-state index contributed by atoms with van der Waals surface area (Å²) in [7, 11) is -2.80. The molecule has 1 fully saturated rings. The number of halogens is 1.